The van der Waals surface area contributed by atoms with E-state index < -0.39 is 35.7 Å². The maximum absolute atomic E-state index is 12.6. The van der Waals surface area contributed by atoms with Crippen LogP contribution < -0.4 is 4.74 Å². The van der Waals surface area contributed by atoms with E-state index in [1.165, 1.54) is 19.1 Å². The first-order valence-corrected chi connectivity index (χ1v) is 9.91. The second kappa shape index (κ2) is 9.44. The monoisotopic (exact) mass is 491 g/mol. The van der Waals surface area contributed by atoms with E-state index in [4.69, 9.17) is 26.2 Å². The zero-order valence-corrected chi connectivity index (χ0v) is 17.9. The van der Waals surface area contributed by atoms with Gasteiger partial charge in [-0.3, -0.25) is 14.5 Å². The van der Waals surface area contributed by atoms with Crippen molar-refractivity contribution in [2.75, 3.05) is 13.2 Å². The number of halogens is 2. The molecule has 1 fully saturated rings. The van der Waals surface area contributed by atoms with Crippen LogP contribution in [0.25, 0.3) is 6.08 Å². The molecule has 1 saturated heterocycles. The topological polar surface area (TPSA) is 110 Å². The minimum absolute atomic E-state index is 0.114. The molecule has 0 radical (unpaired) electrons. The summed E-state index contributed by atoms with van der Waals surface area (Å²) in [6.45, 7) is 2.61. The van der Waals surface area contributed by atoms with E-state index >= 15 is 0 Å². The van der Waals surface area contributed by atoms with Crippen LogP contribution in [0.2, 0.25) is 5.02 Å². The van der Waals surface area contributed by atoms with Gasteiger partial charge >= 0.3 is 11.9 Å². The maximum Gasteiger partial charge on any atom is 0.341 e. The number of aliphatic carboxylic acids is 1. The molecule has 0 aliphatic carbocycles. The number of imide groups is 1. The molecule has 0 aromatic heterocycles. The van der Waals surface area contributed by atoms with E-state index in [1.54, 1.807) is 13.0 Å². The zero-order chi connectivity index (χ0) is 21.0. The molecular weight excluding hydrogens is 478 g/mol. The number of carbonyl (C=O) groups excluding carboxylic acids is 3. The Morgan fingerprint density at radius 1 is 1.39 bits per heavy atom. The Bertz CT molecular complexity index is 850. The molecule has 0 bridgehead atoms. The van der Waals surface area contributed by atoms with E-state index in [0.717, 1.165) is 4.90 Å². The van der Waals surface area contributed by atoms with Crippen molar-refractivity contribution in [3.05, 3.63) is 32.1 Å². The van der Waals surface area contributed by atoms with Crippen LogP contribution in [0.1, 0.15) is 19.4 Å². The molecule has 1 aliphatic rings. The third-order valence-corrected chi connectivity index (χ3v) is 5.25. The molecule has 1 aromatic carbocycles. The molecule has 11 heteroatoms. The predicted octanol–water partition coefficient (Wildman–Crippen LogP) is 3.55. The second-order valence-corrected chi connectivity index (χ2v) is 7.73. The van der Waals surface area contributed by atoms with Crippen LogP contribution in [0.15, 0.2) is 21.5 Å². The summed E-state index contributed by atoms with van der Waals surface area (Å²) in [6, 6.07) is 1.98. The largest absolute Gasteiger partial charge is 0.479 e. The van der Waals surface area contributed by atoms with Gasteiger partial charge in [-0.25, -0.2) is 9.59 Å². The number of rotatable bonds is 7. The van der Waals surface area contributed by atoms with Gasteiger partial charge in [-0.05, 0) is 65.3 Å². The molecule has 0 spiro atoms. The van der Waals surface area contributed by atoms with Gasteiger partial charge in [0.25, 0.3) is 11.1 Å². The highest BCUT2D eigenvalue weighted by molar-refractivity contribution is 9.10. The van der Waals surface area contributed by atoms with Gasteiger partial charge in [0.2, 0.25) is 0 Å². The van der Waals surface area contributed by atoms with Gasteiger partial charge in [-0.2, -0.15) is 0 Å². The third kappa shape index (κ3) is 5.06. The predicted molar refractivity (Wildman–Crippen MR) is 106 cm³/mol. The zero-order valence-electron chi connectivity index (χ0n) is 14.7. The van der Waals surface area contributed by atoms with Crippen molar-refractivity contribution in [2.24, 2.45) is 0 Å². The third-order valence-electron chi connectivity index (χ3n) is 3.50. The molecule has 0 saturated carbocycles. The summed E-state index contributed by atoms with van der Waals surface area (Å²) >= 11 is 10.0. The summed E-state index contributed by atoms with van der Waals surface area (Å²) in [5.74, 6) is -2.30. The molecule has 1 atom stereocenters. The molecule has 1 aromatic rings. The number of esters is 1. The smallest absolute Gasteiger partial charge is 0.341 e. The van der Waals surface area contributed by atoms with Crippen molar-refractivity contribution in [3.63, 3.8) is 0 Å². The summed E-state index contributed by atoms with van der Waals surface area (Å²) in [6.07, 6.45) is 1.44. The van der Waals surface area contributed by atoms with Crippen molar-refractivity contribution in [1.29, 1.82) is 0 Å². The van der Waals surface area contributed by atoms with Crippen molar-refractivity contribution >= 4 is 68.5 Å². The Labute approximate surface area is 177 Å². The first-order chi connectivity index (χ1) is 13.1. The fraction of sp³-hybridized carbons (Fsp3) is 0.294. The van der Waals surface area contributed by atoms with E-state index in [2.05, 4.69) is 15.9 Å². The quantitative estimate of drug-likeness (QED) is 0.454. The first-order valence-electron chi connectivity index (χ1n) is 7.93. The van der Waals surface area contributed by atoms with Crippen molar-refractivity contribution in [3.8, 4) is 5.75 Å². The molecule has 1 N–H and O–H groups in total. The Hall–Kier alpha value is -2.04. The highest BCUT2D eigenvalue weighted by atomic mass is 79.9. The summed E-state index contributed by atoms with van der Waals surface area (Å²) < 4.78 is 10.3. The average molecular weight is 493 g/mol. The van der Waals surface area contributed by atoms with E-state index in [0.29, 0.717) is 21.8 Å². The van der Waals surface area contributed by atoms with Gasteiger partial charge in [0.15, 0.2) is 12.4 Å². The number of ether oxygens (including phenoxy) is 2. The van der Waals surface area contributed by atoms with Gasteiger partial charge in [0, 0.05) is 0 Å². The molecule has 0 unspecified atom stereocenters. The Morgan fingerprint density at radius 3 is 2.64 bits per heavy atom. The lowest BCUT2D eigenvalue weighted by Crippen LogP contribution is -2.42. The second-order valence-electron chi connectivity index (χ2n) is 5.48. The molecule has 8 nitrogen and oxygen atoms in total. The highest BCUT2D eigenvalue weighted by Crippen LogP contribution is 2.38. The first kappa shape index (κ1) is 22.3. The van der Waals surface area contributed by atoms with Gasteiger partial charge < -0.3 is 14.6 Å². The van der Waals surface area contributed by atoms with Crippen LogP contribution >= 0.6 is 39.3 Å². The molecular formula is C17H15BrClNO7S. The van der Waals surface area contributed by atoms with Gasteiger partial charge in [0.1, 0.15) is 6.04 Å². The van der Waals surface area contributed by atoms with Crippen LogP contribution in [-0.4, -0.2) is 52.3 Å². The van der Waals surface area contributed by atoms with Gasteiger partial charge in [-0.15, -0.1) is 0 Å². The standard InChI is InChI=1S/C17H15BrClNO7S/c1-3-26-16(24)8(2)20-15(23)12(28-17(20)25)6-9-4-10(18)14(11(19)5-9)27-7-13(21)22/h4-6,8H,3,7H2,1-2H3,(H,21,22)/b12-6+/t8-/m0/s1. The number of carboxylic acids is 1. The normalized spacial score (nSPS) is 16.4. The number of amides is 2. The summed E-state index contributed by atoms with van der Waals surface area (Å²) in [5.41, 5.74) is 0.480. The highest BCUT2D eigenvalue weighted by Gasteiger charge is 2.41. The SMILES string of the molecule is CCOC(=O)[C@H](C)N1C(=O)S/C(=C/c2cc(Cl)c(OCC(=O)O)c(Br)c2)C1=O. The Kier molecular flexibility index (Phi) is 7.50. The molecule has 1 heterocycles. The van der Waals surface area contributed by atoms with Crippen LogP contribution in [0.3, 0.4) is 0 Å². The van der Waals surface area contributed by atoms with Crippen LogP contribution in [0.5, 0.6) is 5.75 Å². The molecule has 1 aliphatic heterocycles. The number of carboxylic acid groups (broad SMARTS) is 1. The molecule has 28 heavy (non-hydrogen) atoms. The van der Waals surface area contributed by atoms with Crippen molar-refractivity contribution < 1.29 is 33.8 Å². The lowest BCUT2D eigenvalue weighted by molar-refractivity contribution is -0.150. The number of nitrogens with zero attached hydrogens (tertiary/aromatic N) is 1. The fourth-order valence-electron chi connectivity index (χ4n) is 2.27. The van der Waals surface area contributed by atoms with E-state index in [1.807, 2.05) is 0 Å². The lowest BCUT2D eigenvalue weighted by atomic mass is 10.2. The Morgan fingerprint density at radius 2 is 2.07 bits per heavy atom. The number of hydrogen-bond donors (Lipinski definition) is 1. The molecule has 2 amide bonds. The minimum atomic E-state index is -1.16. The number of hydrogen-bond acceptors (Lipinski definition) is 7. The number of thioether (sulfide) groups is 1. The number of benzene rings is 1. The van der Waals surface area contributed by atoms with Crippen molar-refractivity contribution in [2.45, 2.75) is 19.9 Å². The summed E-state index contributed by atoms with van der Waals surface area (Å²) in [5, 5.41) is 8.24. The summed E-state index contributed by atoms with van der Waals surface area (Å²) in [7, 11) is 0. The van der Waals surface area contributed by atoms with Crippen molar-refractivity contribution in [1.82, 2.24) is 4.90 Å². The van der Waals surface area contributed by atoms with Crippen LogP contribution in [0.4, 0.5) is 4.79 Å². The van der Waals surface area contributed by atoms with Crippen LogP contribution in [0, 0.1) is 0 Å². The molecule has 150 valence electrons. The fourth-order valence-corrected chi connectivity index (χ4v) is 4.17. The molecule has 2 rings (SSSR count). The summed E-state index contributed by atoms with van der Waals surface area (Å²) in [4.78, 5) is 48.2. The van der Waals surface area contributed by atoms with E-state index in [9.17, 15) is 19.2 Å². The lowest BCUT2D eigenvalue weighted by Gasteiger charge is -2.19. The number of carbonyl (C=O) groups is 4. The minimum Gasteiger partial charge on any atom is -0.479 e. The van der Waals surface area contributed by atoms with E-state index in [-0.39, 0.29) is 22.3 Å². The maximum atomic E-state index is 12.6. The average Bonchev–Trinajstić information content (AvgIpc) is 2.87. The Balaban J connectivity index is 2.26. The van der Waals surface area contributed by atoms with Gasteiger partial charge in [0.05, 0.1) is 21.0 Å². The van der Waals surface area contributed by atoms with Crippen LogP contribution in [-0.2, 0) is 19.1 Å². The van der Waals surface area contributed by atoms with Gasteiger partial charge in [-0.1, -0.05) is 11.6 Å².